The lowest BCUT2D eigenvalue weighted by Gasteiger charge is -2.24. The van der Waals surface area contributed by atoms with Gasteiger partial charge in [-0.05, 0) is 49.5 Å². The SMILES string of the molecule is CC1=NCC(C(=O)N(CCC2CCS(=O)(=O)C2)Cc2cc(F)cc(F)c2)=C1. The average molecular weight is 396 g/mol. The number of carbonyl (C=O) groups excluding carboxylic acids is 1. The van der Waals surface area contributed by atoms with Gasteiger partial charge in [0.2, 0.25) is 0 Å². The van der Waals surface area contributed by atoms with Crippen LogP contribution in [0.1, 0.15) is 25.3 Å². The third kappa shape index (κ3) is 5.22. The lowest BCUT2D eigenvalue weighted by atomic mass is 10.0. The van der Waals surface area contributed by atoms with E-state index in [4.69, 9.17) is 0 Å². The van der Waals surface area contributed by atoms with E-state index in [-0.39, 0.29) is 36.4 Å². The fourth-order valence-electron chi connectivity index (χ4n) is 3.50. The van der Waals surface area contributed by atoms with E-state index in [1.54, 1.807) is 13.0 Å². The summed E-state index contributed by atoms with van der Waals surface area (Å²) in [6, 6.07) is 3.19. The van der Waals surface area contributed by atoms with Gasteiger partial charge in [-0.15, -0.1) is 0 Å². The van der Waals surface area contributed by atoms with Crippen LogP contribution in [0.4, 0.5) is 8.78 Å². The number of halogens is 2. The Morgan fingerprint density at radius 1 is 1.26 bits per heavy atom. The summed E-state index contributed by atoms with van der Waals surface area (Å²) in [5.74, 6) is -1.31. The highest BCUT2D eigenvalue weighted by Gasteiger charge is 2.29. The van der Waals surface area contributed by atoms with Crippen LogP contribution in [0.2, 0.25) is 0 Å². The molecule has 2 aliphatic heterocycles. The second kappa shape index (κ2) is 7.88. The van der Waals surface area contributed by atoms with Crippen LogP contribution in [0.25, 0.3) is 0 Å². The normalized spacial score (nSPS) is 21.1. The summed E-state index contributed by atoms with van der Waals surface area (Å²) in [6.45, 7) is 2.48. The molecule has 0 N–H and O–H groups in total. The van der Waals surface area contributed by atoms with Crippen LogP contribution >= 0.6 is 0 Å². The van der Waals surface area contributed by atoms with Gasteiger partial charge >= 0.3 is 0 Å². The summed E-state index contributed by atoms with van der Waals surface area (Å²) in [5.41, 5.74) is 1.65. The lowest BCUT2D eigenvalue weighted by Crippen LogP contribution is -2.34. The van der Waals surface area contributed by atoms with E-state index in [0.717, 1.165) is 11.8 Å². The fraction of sp³-hybridized carbons (Fsp3) is 0.474. The highest BCUT2D eigenvalue weighted by Crippen LogP contribution is 2.23. The standard InChI is InChI=1S/C19H22F2N2O3S/c1-13-6-16(10-22-13)19(24)23(4-2-14-3-5-27(25,26)12-14)11-15-7-17(20)9-18(21)8-15/h6-9,14H,2-5,10-12H2,1H3. The smallest absolute Gasteiger partial charge is 0.252 e. The van der Waals surface area contributed by atoms with Crippen LogP contribution in [0.3, 0.4) is 0 Å². The summed E-state index contributed by atoms with van der Waals surface area (Å²) in [5, 5.41) is 0. The van der Waals surface area contributed by atoms with Crippen molar-refractivity contribution in [1.29, 1.82) is 0 Å². The minimum Gasteiger partial charge on any atom is -0.335 e. The van der Waals surface area contributed by atoms with E-state index in [9.17, 15) is 22.0 Å². The number of carbonyl (C=O) groups is 1. The Morgan fingerprint density at radius 2 is 1.96 bits per heavy atom. The van der Waals surface area contributed by atoms with Gasteiger partial charge in [-0.3, -0.25) is 9.79 Å². The highest BCUT2D eigenvalue weighted by atomic mass is 32.2. The van der Waals surface area contributed by atoms with Gasteiger partial charge in [-0.25, -0.2) is 17.2 Å². The number of rotatable bonds is 6. The van der Waals surface area contributed by atoms with Crippen LogP contribution in [0.5, 0.6) is 0 Å². The first-order valence-corrected chi connectivity index (χ1v) is 10.7. The number of benzene rings is 1. The second-order valence-corrected chi connectivity index (χ2v) is 9.42. The maximum absolute atomic E-state index is 13.5. The Bertz CT molecular complexity index is 889. The van der Waals surface area contributed by atoms with Gasteiger partial charge in [0.25, 0.3) is 5.91 Å². The molecule has 2 aliphatic rings. The summed E-state index contributed by atoms with van der Waals surface area (Å²) in [4.78, 5) is 18.6. The van der Waals surface area contributed by atoms with Crippen LogP contribution in [0, 0.1) is 17.6 Å². The van der Waals surface area contributed by atoms with E-state index in [0.29, 0.717) is 30.5 Å². The zero-order valence-electron chi connectivity index (χ0n) is 15.1. The first kappa shape index (κ1) is 19.7. The van der Waals surface area contributed by atoms with E-state index in [1.165, 1.54) is 17.0 Å². The summed E-state index contributed by atoms with van der Waals surface area (Å²) >= 11 is 0. The van der Waals surface area contributed by atoms with E-state index < -0.39 is 21.5 Å². The van der Waals surface area contributed by atoms with Gasteiger partial charge < -0.3 is 4.90 Å². The molecule has 3 rings (SSSR count). The molecule has 1 aromatic carbocycles. The molecule has 0 aliphatic carbocycles. The Kier molecular flexibility index (Phi) is 5.74. The van der Waals surface area contributed by atoms with Crippen LogP contribution < -0.4 is 0 Å². The molecule has 0 aromatic heterocycles. The van der Waals surface area contributed by atoms with E-state index in [1.807, 2.05) is 0 Å². The van der Waals surface area contributed by atoms with Crippen molar-refractivity contribution < 1.29 is 22.0 Å². The first-order chi connectivity index (χ1) is 12.7. The van der Waals surface area contributed by atoms with Gasteiger partial charge in [0.05, 0.1) is 18.1 Å². The summed E-state index contributed by atoms with van der Waals surface area (Å²) < 4.78 is 50.3. The van der Waals surface area contributed by atoms with Crippen LogP contribution in [0.15, 0.2) is 34.8 Å². The molecule has 0 bridgehead atoms. The van der Waals surface area contributed by atoms with Crippen molar-refractivity contribution in [3.8, 4) is 0 Å². The predicted molar refractivity (Wildman–Crippen MR) is 99.2 cm³/mol. The number of sulfone groups is 1. The number of aliphatic imine (C=N–C) groups is 1. The predicted octanol–water partition coefficient (Wildman–Crippen LogP) is 2.52. The number of amides is 1. The number of allylic oxidation sites excluding steroid dienone is 1. The zero-order valence-corrected chi connectivity index (χ0v) is 15.9. The quantitative estimate of drug-likeness (QED) is 0.742. The Hall–Kier alpha value is -2.09. The minimum absolute atomic E-state index is 0.00471. The fourth-order valence-corrected chi connectivity index (χ4v) is 5.41. The minimum atomic E-state index is -2.99. The molecular weight excluding hydrogens is 374 g/mol. The molecule has 5 nitrogen and oxygen atoms in total. The van der Waals surface area contributed by atoms with Gasteiger partial charge in [0.1, 0.15) is 11.6 Å². The number of hydrogen-bond acceptors (Lipinski definition) is 4. The maximum Gasteiger partial charge on any atom is 0.252 e. The van der Waals surface area contributed by atoms with Crippen molar-refractivity contribution in [2.24, 2.45) is 10.9 Å². The first-order valence-electron chi connectivity index (χ1n) is 8.88. The Labute approximate surface area is 157 Å². The van der Waals surface area contributed by atoms with Gasteiger partial charge in [-0.2, -0.15) is 0 Å². The topological polar surface area (TPSA) is 66.8 Å². The van der Waals surface area contributed by atoms with Gasteiger partial charge in [0.15, 0.2) is 9.84 Å². The molecule has 1 saturated heterocycles. The molecule has 146 valence electrons. The molecule has 8 heteroatoms. The van der Waals surface area contributed by atoms with Crippen molar-refractivity contribution in [1.82, 2.24) is 4.90 Å². The molecule has 27 heavy (non-hydrogen) atoms. The molecule has 0 saturated carbocycles. The van der Waals surface area contributed by atoms with E-state index >= 15 is 0 Å². The van der Waals surface area contributed by atoms with Crippen molar-refractivity contribution in [2.75, 3.05) is 24.6 Å². The number of nitrogens with zero attached hydrogens (tertiary/aromatic N) is 2. The van der Waals surface area contributed by atoms with Crippen molar-refractivity contribution in [2.45, 2.75) is 26.3 Å². The van der Waals surface area contributed by atoms with Crippen molar-refractivity contribution in [3.05, 3.63) is 47.0 Å². The molecule has 1 aromatic rings. The molecule has 0 radical (unpaired) electrons. The summed E-state index contributed by atoms with van der Waals surface area (Å²) in [7, 11) is -2.99. The summed E-state index contributed by atoms with van der Waals surface area (Å²) in [6.07, 6.45) is 2.83. The Balaban J connectivity index is 1.74. The Morgan fingerprint density at radius 3 is 2.52 bits per heavy atom. The number of hydrogen-bond donors (Lipinski definition) is 0. The highest BCUT2D eigenvalue weighted by molar-refractivity contribution is 7.91. The monoisotopic (exact) mass is 396 g/mol. The lowest BCUT2D eigenvalue weighted by molar-refractivity contribution is -0.127. The second-order valence-electron chi connectivity index (χ2n) is 7.19. The zero-order chi connectivity index (χ0) is 19.6. The largest absolute Gasteiger partial charge is 0.335 e. The molecule has 2 heterocycles. The van der Waals surface area contributed by atoms with Crippen molar-refractivity contribution in [3.63, 3.8) is 0 Å². The molecular formula is C19H22F2N2O3S. The van der Waals surface area contributed by atoms with Crippen molar-refractivity contribution >= 4 is 21.5 Å². The van der Waals surface area contributed by atoms with E-state index in [2.05, 4.69) is 4.99 Å². The molecule has 1 fully saturated rings. The van der Waals surface area contributed by atoms with Crippen LogP contribution in [-0.2, 0) is 21.2 Å². The molecule has 1 atom stereocenters. The molecule has 0 spiro atoms. The van der Waals surface area contributed by atoms with Gasteiger partial charge in [-0.1, -0.05) is 0 Å². The maximum atomic E-state index is 13.5. The molecule has 1 unspecified atom stereocenters. The third-order valence-electron chi connectivity index (χ3n) is 4.87. The van der Waals surface area contributed by atoms with Gasteiger partial charge in [0, 0.05) is 30.4 Å². The van der Waals surface area contributed by atoms with Crippen LogP contribution in [-0.4, -0.2) is 49.5 Å². The average Bonchev–Trinajstić information content (AvgIpc) is 3.15. The molecule has 1 amide bonds. The third-order valence-corrected chi connectivity index (χ3v) is 6.71.